The second-order valence-corrected chi connectivity index (χ2v) is 5.12. The number of rotatable bonds is 1. The topological polar surface area (TPSA) is 20.2 Å². The largest absolute Gasteiger partial charge is 0.393 e. The van der Waals surface area contributed by atoms with Crippen LogP contribution < -0.4 is 0 Å². The van der Waals surface area contributed by atoms with E-state index in [1.807, 2.05) is 11.3 Å². The van der Waals surface area contributed by atoms with Crippen molar-refractivity contribution < 1.29 is 5.11 Å². The first-order valence-corrected chi connectivity index (χ1v) is 5.81. The average molecular weight is 204 g/mol. The molecule has 1 aromatic heterocycles. The molecule has 1 N–H and O–H groups in total. The van der Waals surface area contributed by atoms with Crippen LogP contribution in [0.15, 0.2) is 30.3 Å². The number of fused-ring (bicyclic) bond motifs is 1. The van der Waals surface area contributed by atoms with Gasteiger partial charge in [-0.15, -0.1) is 11.3 Å². The van der Waals surface area contributed by atoms with Gasteiger partial charge >= 0.3 is 0 Å². The highest BCUT2D eigenvalue weighted by Crippen LogP contribution is 2.41. The average Bonchev–Trinajstić information content (AvgIpc) is 2.55. The lowest BCUT2D eigenvalue weighted by molar-refractivity contribution is 0.0758. The van der Waals surface area contributed by atoms with E-state index >= 15 is 0 Å². The molecular weight excluding hydrogens is 192 g/mol. The molecule has 1 saturated carbocycles. The molecule has 2 aromatic rings. The number of benzene rings is 1. The summed E-state index contributed by atoms with van der Waals surface area (Å²) in [6.45, 7) is 0. The van der Waals surface area contributed by atoms with Gasteiger partial charge in [-0.3, -0.25) is 0 Å². The molecule has 0 radical (unpaired) electrons. The minimum atomic E-state index is -0.0507. The lowest BCUT2D eigenvalue weighted by atomic mass is 9.81. The maximum atomic E-state index is 9.26. The number of hydrogen-bond donors (Lipinski definition) is 1. The van der Waals surface area contributed by atoms with E-state index in [0.29, 0.717) is 5.92 Å². The third kappa shape index (κ3) is 1.26. The fourth-order valence-electron chi connectivity index (χ4n) is 2.02. The van der Waals surface area contributed by atoms with Gasteiger partial charge in [-0.1, -0.05) is 18.2 Å². The van der Waals surface area contributed by atoms with E-state index < -0.39 is 0 Å². The zero-order valence-electron chi connectivity index (χ0n) is 7.81. The standard InChI is InChI=1S/C12H12OS/c13-10-5-9(6-10)12-7-8-3-1-2-4-11(8)14-12/h1-4,7,9-10,13H,5-6H2. The molecule has 1 aliphatic carbocycles. The fraction of sp³-hybridized carbons (Fsp3) is 0.333. The molecule has 0 saturated heterocycles. The first kappa shape index (κ1) is 8.45. The van der Waals surface area contributed by atoms with Crippen LogP contribution >= 0.6 is 11.3 Å². The van der Waals surface area contributed by atoms with Crippen molar-refractivity contribution in [2.75, 3.05) is 0 Å². The van der Waals surface area contributed by atoms with Crippen LogP contribution in [0, 0.1) is 0 Å². The summed E-state index contributed by atoms with van der Waals surface area (Å²) < 4.78 is 1.36. The molecule has 0 aliphatic heterocycles. The Morgan fingerprint density at radius 3 is 2.71 bits per heavy atom. The predicted molar refractivity (Wildman–Crippen MR) is 59.8 cm³/mol. The summed E-state index contributed by atoms with van der Waals surface area (Å²) in [5, 5.41) is 10.6. The number of thiophene rings is 1. The van der Waals surface area contributed by atoms with Crippen LogP contribution in [0.1, 0.15) is 23.6 Å². The van der Waals surface area contributed by atoms with Gasteiger partial charge in [0.05, 0.1) is 6.10 Å². The van der Waals surface area contributed by atoms with E-state index in [1.165, 1.54) is 15.0 Å². The first-order chi connectivity index (χ1) is 6.83. The summed E-state index contributed by atoms with van der Waals surface area (Å²) in [5.41, 5.74) is 0. The van der Waals surface area contributed by atoms with Crippen LogP contribution in [0.3, 0.4) is 0 Å². The molecule has 2 heteroatoms. The molecular formula is C12H12OS. The minimum Gasteiger partial charge on any atom is -0.393 e. The highest BCUT2D eigenvalue weighted by Gasteiger charge is 2.29. The van der Waals surface area contributed by atoms with Crippen molar-refractivity contribution in [2.45, 2.75) is 24.9 Å². The Bertz CT molecular complexity index is 421. The monoisotopic (exact) mass is 204 g/mol. The van der Waals surface area contributed by atoms with E-state index in [0.717, 1.165) is 12.8 Å². The molecule has 1 aromatic carbocycles. The van der Waals surface area contributed by atoms with E-state index in [-0.39, 0.29) is 6.10 Å². The summed E-state index contributed by atoms with van der Waals surface area (Å²) in [5.74, 6) is 0.613. The Balaban J connectivity index is 1.99. The number of aliphatic hydroxyl groups excluding tert-OH is 1. The smallest absolute Gasteiger partial charge is 0.0552 e. The Kier molecular flexibility index (Phi) is 1.85. The summed E-state index contributed by atoms with van der Waals surface area (Å²) in [6.07, 6.45) is 1.85. The zero-order chi connectivity index (χ0) is 9.54. The molecule has 1 nitrogen and oxygen atoms in total. The van der Waals surface area contributed by atoms with Crippen molar-refractivity contribution in [3.05, 3.63) is 35.2 Å². The number of hydrogen-bond acceptors (Lipinski definition) is 2. The maximum Gasteiger partial charge on any atom is 0.0552 e. The van der Waals surface area contributed by atoms with Gasteiger partial charge in [0.2, 0.25) is 0 Å². The first-order valence-electron chi connectivity index (χ1n) is 4.99. The van der Waals surface area contributed by atoms with Crippen LogP contribution in [0.2, 0.25) is 0 Å². The lowest BCUT2D eigenvalue weighted by Gasteiger charge is -2.30. The molecule has 72 valence electrons. The van der Waals surface area contributed by atoms with E-state index in [4.69, 9.17) is 0 Å². The third-order valence-corrected chi connectivity index (χ3v) is 4.24. The highest BCUT2D eigenvalue weighted by molar-refractivity contribution is 7.19. The van der Waals surface area contributed by atoms with Crippen LogP contribution in [0.4, 0.5) is 0 Å². The molecule has 0 spiro atoms. The Morgan fingerprint density at radius 1 is 1.21 bits per heavy atom. The van der Waals surface area contributed by atoms with Gasteiger partial charge < -0.3 is 5.11 Å². The normalized spacial score (nSPS) is 26.4. The van der Waals surface area contributed by atoms with Crippen molar-refractivity contribution in [3.63, 3.8) is 0 Å². The Hall–Kier alpha value is -0.860. The van der Waals surface area contributed by atoms with Gasteiger partial charge in [-0.05, 0) is 36.3 Å². The van der Waals surface area contributed by atoms with Crippen molar-refractivity contribution in [2.24, 2.45) is 0 Å². The van der Waals surface area contributed by atoms with Crippen molar-refractivity contribution in [1.82, 2.24) is 0 Å². The fourth-order valence-corrected chi connectivity index (χ4v) is 3.21. The summed E-state index contributed by atoms with van der Waals surface area (Å²) in [4.78, 5) is 1.44. The molecule has 0 atom stereocenters. The Labute approximate surface area is 87.0 Å². The van der Waals surface area contributed by atoms with Crippen LogP contribution in [0.5, 0.6) is 0 Å². The summed E-state index contributed by atoms with van der Waals surface area (Å²) in [6, 6.07) is 10.8. The molecule has 3 rings (SSSR count). The van der Waals surface area contributed by atoms with Gasteiger partial charge in [-0.2, -0.15) is 0 Å². The summed E-state index contributed by atoms with van der Waals surface area (Å²) in [7, 11) is 0. The SMILES string of the molecule is OC1CC(c2cc3ccccc3s2)C1. The lowest BCUT2D eigenvalue weighted by Crippen LogP contribution is -2.25. The van der Waals surface area contributed by atoms with Gasteiger partial charge in [0, 0.05) is 9.58 Å². The second-order valence-electron chi connectivity index (χ2n) is 4.01. The van der Waals surface area contributed by atoms with Crippen molar-refractivity contribution in [1.29, 1.82) is 0 Å². The summed E-state index contributed by atoms with van der Waals surface area (Å²) >= 11 is 1.87. The molecule has 1 fully saturated rings. The molecule has 0 bridgehead atoms. The van der Waals surface area contributed by atoms with Crippen molar-refractivity contribution >= 4 is 21.4 Å². The van der Waals surface area contributed by atoms with Gasteiger partial charge in [0.1, 0.15) is 0 Å². The quantitative estimate of drug-likeness (QED) is 0.756. The van der Waals surface area contributed by atoms with E-state index in [2.05, 4.69) is 30.3 Å². The predicted octanol–water partition coefficient (Wildman–Crippen LogP) is 3.14. The molecule has 14 heavy (non-hydrogen) atoms. The van der Waals surface area contributed by atoms with Gasteiger partial charge in [-0.25, -0.2) is 0 Å². The van der Waals surface area contributed by atoms with E-state index in [1.54, 1.807) is 0 Å². The Morgan fingerprint density at radius 2 is 2.00 bits per heavy atom. The maximum absolute atomic E-state index is 9.26. The molecule has 1 aliphatic rings. The second kappa shape index (κ2) is 3.07. The van der Waals surface area contributed by atoms with Crippen molar-refractivity contribution in [3.8, 4) is 0 Å². The highest BCUT2D eigenvalue weighted by atomic mass is 32.1. The van der Waals surface area contributed by atoms with E-state index in [9.17, 15) is 5.11 Å². The molecule has 1 heterocycles. The third-order valence-electron chi connectivity index (χ3n) is 2.96. The van der Waals surface area contributed by atoms with Crippen LogP contribution in [-0.4, -0.2) is 11.2 Å². The van der Waals surface area contributed by atoms with Crippen LogP contribution in [0.25, 0.3) is 10.1 Å². The molecule has 0 amide bonds. The zero-order valence-corrected chi connectivity index (χ0v) is 8.63. The number of aliphatic hydroxyl groups is 1. The minimum absolute atomic E-state index is 0.0507. The van der Waals surface area contributed by atoms with Gasteiger partial charge in [0.25, 0.3) is 0 Å². The van der Waals surface area contributed by atoms with Crippen LogP contribution in [-0.2, 0) is 0 Å². The van der Waals surface area contributed by atoms with Gasteiger partial charge in [0.15, 0.2) is 0 Å². The molecule has 0 unspecified atom stereocenters.